The van der Waals surface area contributed by atoms with Gasteiger partial charge in [-0.05, 0) is 36.4 Å². The van der Waals surface area contributed by atoms with Crippen molar-refractivity contribution in [3.63, 3.8) is 0 Å². The summed E-state index contributed by atoms with van der Waals surface area (Å²) in [7, 11) is -0.0949. The fourth-order valence-electron chi connectivity index (χ4n) is 2.25. The summed E-state index contributed by atoms with van der Waals surface area (Å²) in [5, 5.41) is 3.21. The summed E-state index contributed by atoms with van der Waals surface area (Å²) in [5.41, 5.74) is 1.73. The molecule has 0 saturated carbocycles. The Balaban J connectivity index is 1.76. The molecule has 0 aliphatic rings. The van der Waals surface area contributed by atoms with Crippen molar-refractivity contribution >= 4 is 33.0 Å². The van der Waals surface area contributed by atoms with Crippen LogP contribution in [0.2, 0.25) is 0 Å². The quantitative estimate of drug-likeness (QED) is 0.694. The first kappa shape index (κ1) is 17.7. The zero-order valence-electron chi connectivity index (χ0n) is 14.4. The van der Waals surface area contributed by atoms with E-state index >= 15 is 0 Å². The van der Waals surface area contributed by atoms with Crippen LogP contribution < -0.4 is 14.9 Å². The average Bonchev–Trinajstić information content (AvgIpc) is 2.63. The largest absolute Gasteiger partial charge is 0.363 e. The second-order valence-electron chi connectivity index (χ2n) is 5.78. The number of hydrogen-bond acceptors (Lipinski definition) is 6. The van der Waals surface area contributed by atoms with E-state index in [1.165, 1.54) is 6.33 Å². The molecule has 26 heavy (non-hydrogen) atoms. The van der Waals surface area contributed by atoms with Crippen molar-refractivity contribution in [1.29, 1.82) is 0 Å². The topological polar surface area (TPSA) is 87.2 Å². The first-order valence-corrected chi connectivity index (χ1v) is 9.37. The Morgan fingerprint density at radius 2 is 1.54 bits per heavy atom. The first-order chi connectivity index (χ1) is 12.4. The third kappa shape index (κ3) is 4.28. The smallest absolute Gasteiger partial charge is 0.263 e. The lowest BCUT2D eigenvalue weighted by Gasteiger charge is -2.13. The number of rotatable bonds is 6. The normalized spacial score (nSPS) is 11.0. The Morgan fingerprint density at radius 1 is 0.885 bits per heavy atom. The molecule has 134 valence electrons. The molecule has 7 nitrogen and oxygen atoms in total. The molecule has 1 aromatic heterocycles. The Bertz CT molecular complexity index is 974. The van der Waals surface area contributed by atoms with Gasteiger partial charge in [-0.15, -0.1) is 0 Å². The maximum atomic E-state index is 12.5. The van der Waals surface area contributed by atoms with E-state index in [2.05, 4.69) is 20.0 Å². The van der Waals surface area contributed by atoms with Gasteiger partial charge in [-0.3, -0.25) is 4.72 Å². The number of sulfonamides is 1. The van der Waals surface area contributed by atoms with Crippen molar-refractivity contribution in [1.82, 2.24) is 9.97 Å². The minimum Gasteiger partial charge on any atom is -0.363 e. The van der Waals surface area contributed by atoms with Gasteiger partial charge in [0.05, 0.1) is 4.90 Å². The second-order valence-corrected chi connectivity index (χ2v) is 7.46. The van der Waals surface area contributed by atoms with Crippen molar-refractivity contribution in [3.8, 4) is 0 Å². The Hall–Kier alpha value is -3.13. The second kappa shape index (κ2) is 7.40. The van der Waals surface area contributed by atoms with Gasteiger partial charge in [-0.25, -0.2) is 18.4 Å². The van der Waals surface area contributed by atoms with E-state index in [1.54, 1.807) is 35.2 Å². The van der Waals surface area contributed by atoms with Gasteiger partial charge in [0.2, 0.25) is 0 Å². The van der Waals surface area contributed by atoms with Gasteiger partial charge in [0.1, 0.15) is 18.0 Å². The summed E-state index contributed by atoms with van der Waals surface area (Å²) in [6, 6.07) is 17.7. The zero-order chi connectivity index (χ0) is 18.6. The molecule has 0 saturated heterocycles. The molecule has 0 bridgehead atoms. The standard InChI is InChI=1S/C18H19N5O2S/c1-23(2)18-12-17(19-13-20-18)22-26(24,25)16-10-8-15(9-11-16)21-14-6-4-3-5-7-14/h3-13,21H,1-2H3,(H,19,20,22). The van der Waals surface area contributed by atoms with Gasteiger partial charge in [0, 0.05) is 31.5 Å². The Labute approximate surface area is 152 Å². The number of para-hydroxylation sites is 1. The van der Waals surface area contributed by atoms with E-state index in [0.717, 1.165) is 11.4 Å². The van der Waals surface area contributed by atoms with Crippen LogP contribution in [0.15, 0.2) is 71.9 Å². The maximum absolute atomic E-state index is 12.5. The summed E-state index contributed by atoms with van der Waals surface area (Å²) >= 11 is 0. The van der Waals surface area contributed by atoms with Gasteiger partial charge in [0.25, 0.3) is 10.0 Å². The lowest BCUT2D eigenvalue weighted by molar-refractivity contribution is 0.601. The van der Waals surface area contributed by atoms with E-state index in [0.29, 0.717) is 5.82 Å². The highest BCUT2D eigenvalue weighted by molar-refractivity contribution is 7.92. The molecule has 2 aromatic carbocycles. The predicted octanol–water partition coefficient (Wildman–Crippen LogP) is 3.09. The highest BCUT2D eigenvalue weighted by atomic mass is 32.2. The lowest BCUT2D eigenvalue weighted by atomic mass is 10.3. The fraction of sp³-hybridized carbons (Fsp3) is 0.111. The zero-order valence-corrected chi connectivity index (χ0v) is 15.2. The van der Waals surface area contributed by atoms with Crippen LogP contribution in [0.3, 0.4) is 0 Å². The summed E-state index contributed by atoms with van der Waals surface area (Å²) in [6.07, 6.45) is 1.32. The molecule has 8 heteroatoms. The van der Waals surface area contributed by atoms with Crippen molar-refractivity contribution in [2.24, 2.45) is 0 Å². The molecule has 0 atom stereocenters. The Kier molecular flexibility index (Phi) is 5.04. The van der Waals surface area contributed by atoms with Crippen molar-refractivity contribution in [2.45, 2.75) is 4.90 Å². The molecule has 3 rings (SSSR count). The van der Waals surface area contributed by atoms with Gasteiger partial charge in [-0.2, -0.15) is 0 Å². The van der Waals surface area contributed by atoms with Crippen molar-refractivity contribution < 1.29 is 8.42 Å². The van der Waals surface area contributed by atoms with Crippen LogP contribution in [-0.2, 0) is 10.0 Å². The third-order valence-corrected chi connectivity index (χ3v) is 4.95. The summed E-state index contributed by atoms with van der Waals surface area (Å²) in [5.74, 6) is 0.829. The van der Waals surface area contributed by atoms with Crippen LogP contribution in [0.4, 0.5) is 23.0 Å². The summed E-state index contributed by atoms with van der Waals surface area (Å²) in [6.45, 7) is 0. The maximum Gasteiger partial charge on any atom is 0.263 e. The minimum absolute atomic E-state index is 0.154. The van der Waals surface area contributed by atoms with E-state index < -0.39 is 10.0 Å². The summed E-state index contributed by atoms with van der Waals surface area (Å²) < 4.78 is 27.6. The van der Waals surface area contributed by atoms with E-state index in [-0.39, 0.29) is 10.7 Å². The van der Waals surface area contributed by atoms with Gasteiger partial charge in [0.15, 0.2) is 0 Å². The van der Waals surface area contributed by atoms with Crippen LogP contribution in [0.5, 0.6) is 0 Å². The molecule has 3 aromatic rings. The number of nitrogens with one attached hydrogen (secondary N) is 2. The molecule has 0 unspecified atom stereocenters. The number of anilines is 4. The van der Waals surface area contributed by atoms with E-state index in [4.69, 9.17) is 0 Å². The SMILES string of the molecule is CN(C)c1cc(NS(=O)(=O)c2ccc(Nc3ccccc3)cc2)ncn1. The predicted molar refractivity (Wildman–Crippen MR) is 103 cm³/mol. The van der Waals surface area contributed by atoms with E-state index in [1.807, 2.05) is 44.4 Å². The molecule has 2 N–H and O–H groups in total. The molecule has 0 radical (unpaired) electrons. The Morgan fingerprint density at radius 3 is 2.19 bits per heavy atom. The highest BCUT2D eigenvalue weighted by Crippen LogP contribution is 2.21. The van der Waals surface area contributed by atoms with Gasteiger partial charge >= 0.3 is 0 Å². The van der Waals surface area contributed by atoms with Crippen molar-refractivity contribution in [3.05, 3.63) is 67.0 Å². The molecule has 0 amide bonds. The van der Waals surface area contributed by atoms with Gasteiger partial charge < -0.3 is 10.2 Å². The van der Waals surface area contributed by atoms with Crippen LogP contribution in [0.1, 0.15) is 0 Å². The molecular weight excluding hydrogens is 350 g/mol. The van der Waals surface area contributed by atoms with Crippen LogP contribution >= 0.6 is 0 Å². The third-order valence-electron chi connectivity index (χ3n) is 3.58. The monoisotopic (exact) mass is 369 g/mol. The van der Waals surface area contributed by atoms with Crippen LogP contribution in [0.25, 0.3) is 0 Å². The lowest BCUT2D eigenvalue weighted by Crippen LogP contribution is -2.16. The van der Waals surface area contributed by atoms with Crippen molar-refractivity contribution in [2.75, 3.05) is 29.0 Å². The first-order valence-electron chi connectivity index (χ1n) is 7.88. The molecule has 0 spiro atoms. The molecule has 0 aliphatic carbocycles. The molecule has 1 heterocycles. The number of hydrogen-bond donors (Lipinski definition) is 2. The molecule has 0 fully saturated rings. The number of aromatic nitrogens is 2. The molecular formula is C18H19N5O2S. The highest BCUT2D eigenvalue weighted by Gasteiger charge is 2.15. The summed E-state index contributed by atoms with van der Waals surface area (Å²) in [4.78, 5) is 9.95. The molecule has 0 aliphatic heterocycles. The fourth-order valence-corrected chi connectivity index (χ4v) is 3.25. The van der Waals surface area contributed by atoms with Crippen LogP contribution in [-0.4, -0.2) is 32.5 Å². The number of benzene rings is 2. The average molecular weight is 369 g/mol. The van der Waals surface area contributed by atoms with E-state index in [9.17, 15) is 8.42 Å². The minimum atomic E-state index is -3.73. The van der Waals surface area contributed by atoms with Gasteiger partial charge in [-0.1, -0.05) is 18.2 Å². The number of nitrogens with zero attached hydrogens (tertiary/aromatic N) is 3. The van der Waals surface area contributed by atoms with Crippen LogP contribution in [0, 0.1) is 0 Å².